The molecule has 1 aliphatic rings. The Labute approximate surface area is 198 Å². The highest BCUT2D eigenvalue weighted by molar-refractivity contribution is 6.04. The van der Waals surface area contributed by atoms with E-state index in [4.69, 9.17) is 4.74 Å². The Morgan fingerprint density at radius 2 is 1.79 bits per heavy atom. The molecular formula is C28H26N2O4. The third-order valence-corrected chi connectivity index (χ3v) is 6.58. The molecule has 0 saturated heterocycles. The summed E-state index contributed by atoms with van der Waals surface area (Å²) in [5.41, 5.74) is 5.30. The molecule has 1 aliphatic heterocycles. The van der Waals surface area contributed by atoms with Crippen LogP contribution in [0.5, 0.6) is 5.75 Å². The molecule has 0 spiro atoms. The van der Waals surface area contributed by atoms with Gasteiger partial charge >= 0.3 is 5.97 Å². The molecule has 6 nitrogen and oxygen atoms in total. The van der Waals surface area contributed by atoms with Crippen LogP contribution in [0.2, 0.25) is 0 Å². The zero-order valence-corrected chi connectivity index (χ0v) is 19.2. The highest BCUT2D eigenvalue weighted by Gasteiger charge is 2.26. The summed E-state index contributed by atoms with van der Waals surface area (Å²) in [6.07, 6.45) is 0.870. The van der Waals surface area contributed by atoms with E-state index in [1.165, 1.54) is 11.3 Å². The molecule has 0 saturated carbocycles. The van der Waals surface area contributed by atoms with E-state index < -0.39 is 5.97 Å². The Kier molecular flexibility index (Phi) is 5.57. The number of aromatic nitrogens is 1. The monoisotopic (exact) mass is 454 g/mol. The fraction of sp³-hybridized carbons (Fsp3) is 0.214. The molecular weight excluding hydrogens is 428 g/mol. The Bertz CT molecular complexity index is 1390. The lowest BCUT2D eigenvalue weighted by molar-refractivity contribution is -0.136. The summed E-state index contributed by atoms with van der Waals surface area (Å²) in [4.78, 5) is 26.8. The van der Waals surface area contributed by atoms with E-state index in [0.29, 0.717) is 23.3 Å². The fourth-order valence-electron chi connectivity index (χ4n) is 4.81. The lowest BCUT2D eigenvalue weighted by Gasteiger charge is -2.22. The van der Waals surface area contributed by atoms with Crippen molar-refractivity contribution >= 4 is 28.5 Å². The van der Waals surface area contributed by atoms with Crippen LogP contribution < -0.4 is 9.64 Å². The maximum absolute atomic E-state index is 13.3. The van der Waals surface area contributed by atoms with Crippen LogP contribution in [0.15, 0.2) is 72.8 Å². The van der Waals surface area contributed by atoms with Crippen molar-refractivity contribution in [3.63, 3.8) is 0 Å². The Morgan fingerprint density at radius 1 is 1.03 bits per heavy atom. The normalized spacial score (nSPS) is 14.9. The number of hydrogen-bond donors (Lipinski definition) is 1. The van der Waals surface area contributed by atoms with E-state index in [-0.39, 0.29) is 18.4 Å². The number of likely N-dealkylation sites (N-methyl/N-ethyl adjacent to an activating group) is 1. The van der Waals surface area contributed by atoms with Crippen LogP contribution in [0.1, 0.15) is 27.2 Å². The van der Waals surface area contributed by atoms with Gasteiger partial charge in [-0.15, -0.1) is 0 Å². The second kappa shape index (κ2) is 8.71. The van der Waals surface area contributed by atoms with Crippen LogP contribution in [0.25, 0.3) is 10.9 Å². The molecule has 5 rings (SSSR count). The van der Waals surface area contributed by atoms with Crippen LogP contribution in [0.3, 0.4) is 0 Å². The predicted molar refractivity (Wildman–Crippen MR) is 132 cm³/mol. The van der Waals surface area contributed by atoms with Crippen molar-refractivity contribution in [2.24, 2.45) is 0 Å². The average molecular weight is 455 g/mol. The number of carboxylic acids is 1. The summed E-state index contributed by atoms with van der Waals surface area (Å²) in [5, 5.41) is 9.99. The molecule has 1 unspecified atom stereocenters. The molecule has 0 fully saturated rings. The number of para-hydroxylation sites is 1. The molecule has 1 aromatic heterocycles. The van der Waals surface area contributed by atoms with Crippen molar-refractivity contribution in [2.45, 2.75) is 25.8 Å². The first-order valence-corrected chi connectivity index (χ1v) is 11.3. The maximum Gasteiger partial charge on any atom is 0.307 e. The minimum atomic E-state index is -0.896. The van der Waals surface area contributed by atoms with Gasteiger partial charge in [0.05, 0.1) is 18.0 Å². The number of fused-ring (bicyclic) bond motifs is 2. The zero-order valence-electron chi connectivity index (χ0n) is 19.2. The minimum absolute atomic E-state index is 0.0811. The Hall–Kier alpha value is -4.06. The predicted octanol–water partition coefficient (Wildman–Crippen LogP) is 4.71. The van der Waals surface area contributed by atoms with E-state index in [1.54, 1.807) is 28.8 Å². The van der Waals surface area contributed by atoms with Crippen LogP contribution in [-0.4, -0.2) is 41.2 Å². The van der Waals surface area contributed by atoms with E-state index in [9.17, 15) is 14.7 Å². The number of rotatable bonds is 6. The Morgan fingerprint density at radius 3 is 2.53 bits per heavy atom. The summed E-state index contributed by atoms with van der Waals surface area (Å²) in [5.74, 6) is -0.330. The van der Waals surface area contributed by atoms with Gasteiger partial charge in [-0.05, 0) is 66.9 Å². The first-order chi connectivity index (χ1) is 16.4. The topological polar surface area (TPSA) is 71.8 Å². The summed E-state index contributed by atoms with van der Waals surface area (Å²) in [7, 11) is 2.09. The third kappa shape index (κ3) is 3.92. The van der Waals surface area contributed by atoms with Gasteiger partial charge in [0.25, 0.3) is 5.91 Å². The van der Waals surface area contributed by atoms with Crippen LogP contribution in [0.4, 0.5) is 5.69 Å². The van der Waals surface area contributed by atoms with Gasteiger partial charge in [0.15, 0.2) is 0 Å². The summed E-state index contributed by atoms with van der Waals surface area (Å²) in [6, 6.07) is 23.2. The fourth-order valence-corrected chi connectivity index (χ4v) is 4.81. The lowest BCUT2D eigenvalue weighted by atomic mass is 10.1. The summed E-state index contributed by atoms with van der Waals surface area (Å²) in [6.45, 7) is 2.42. The summed E-state index contributed by atoms with van der Waals surface area (Å²) < 4.78 is 7.69. The molecule has 3 aromatic carbocycles. The highest BCUT2D eigenvalue weighted by Crippen LogP contribution is 2.31. The lowest BCUT2D eigenvalue weighted by Crippen LogP contribution is -2.33. The van der Waals surface area contributed by atoms with Gasteiger partial charge in [-0.2, -0.15) is 0 Å². The van der Waals surface area contributed by atoms with Crippen LogP contribution in [0, 0.1) is 6.92 Å². The van der Waals surface area contributed by atoms with E-state index in [0.717, 1.165) is 23.3 Å². The second-order valence-electron chi connectivity index (χ2n) is 8.78. The van der Waals surface area contributed by atoms with Crippen molar-refractivity contribution in [2.75, 3.05) is 18.6 Å². The number of aliphatic carboxylic acids is 1. The smallest absolute Gasteiger partial charge is 0.307 e. The van der Waals surface area contributed by atoms with Gasteiger partial charge < -0.3 is 14.7 Å². The quantitative estimate of drug-likeness (QED) is 0.457. The van der Waals surface area contributed by atoms with Gasteiger partial charge in [0.2, 0.25) is 0 Å². The molecule has 6 heteroatoms. The third-order valence-electron chi connectivity index (χ3n) is 6.58. The van der Waals surface area contributed by atoms with Crippen LogP contribution >= 0.6 is 0 Å². The number of ether oxygens (including phenoxy) is 1. The highest BCUT2D eigenvalue weighted by atomic mass is 16.5. The molecule has 0 bridgehead atoms. The number of benzene rings is 3. The van der Waals surface area contributed by atoms with Crippen LogP contribution in [-0.2, 0) is 17.6 Å². The standard InChI is InChI=1S/C28H26N2O4/c1-18-14-24-20(16-27(31)32)7-5-9-26(24)30(18)28(33)19-10-12-23(13-11-19)34-17-22-15-21-6-3-4-8-25(21)29(22)2/h3-14,22H,15-17H2,1-2H3,(H,31,32). The zero-order chi connectivity index (χ0) is 23.8. The van der Waals surface area contributed by atoms with E-state index >= 15 is 0 Å². The number of carbonyl (C=O) groups excluding carboxylic acids is 1. The molecule has 0 aliphatic carbocycles. The Balaban J connectivity index is 1.31. The molecule has 1 N–H and O–H groups in total. The number of hydrogen-bond acceptors (Lipinski definition) is 4. The van der Waals surface area contributed by atoms with Crippen molar-refractivity contribution in [3.05, 3.63) is 95.2 Å². The maximum atomic E-state index is 13.3. The molecule has 0 amide bonds. The molecule has 0 radical (unpaired) electrons. The number of carbonyl (C=O) groups is 2. The number of anilines is 1. The molecule has 4 aromatic rings. The minimum Gasteiger partial charge on any atom is -0.491 e. The van der Waals surface area contributed by atoms with Gasteiger partial charge in [0, 0.05) is 29.4 Å². The van der Waals surface area contributed by atoms with Gasteiger partial charge in [0.1, 0.15) is 12.4 Å². The van der Waals surface area contributed by atoms with Crippen molar-refractivity contribution in [1.29, 1.82) is 0 Å². The summed E-state index contributed by atoms with van der Waals surface area (Å²) >= 11 is 0. The molecule has 2 heterocycles. The number of aryl methyl sites for hydroxylation is 1. The van der Waals surface area contributed by atoms with E-state index in [2.05, 4.69) is 36.2 Å². The SMILES string of the molecule is Cc1cc2c(CC(=O)O)cccc2n1C(=O)c1ccc(OCC2Cc3ccccc3N2C)cc1. The first-order valence-electron chi connectivity index (χ1n) is 11.3. The van der Waals surface area contributed by atoms with Gasteiger partial charge in [-0.25, -0.2) is 0 Å². The average Bonchev–Trinajstić information content (AvgIpc) is 3.34. The largest absolute Gasteiger partial charge is 0.491 e. The number of carboxylic acid groups (broad SMARTS) is 1. The first kappa shape index (κ1) is 21.8. The molecule has 172 valence electrons. The van der Waals surface area contributed by atoms with Crippen molar-refractivity contribution in [1.82, 2.24) is 4.57 Å². The van der Waals surface area contributed by atoms with Crippen molar-refractivity contribution in [3.8, 4) is 5.75 Å². The van der Waals surface area contributed by atoms with Crippen molar-refractivity contribution < 1.29 is 19.4 Å². The molecule has 1 atom stereocenters. The number of nitrogens with zero attached hydrogens (tertiary/aromatic N) is 2. The van der Waals surface area contributed by atoms with Gasteiger partial charge in [-0.1, -0.05) is 30.3 Å². The second-order valence-corrected chi connectivity index (χ2v) is 8.78. The van der Waals surface area contributed by atoms with E-state index in [1.807, 2.05) is 31.2 Å². The molecule has 34 heavy (non-hydrogen) atoms. The van der Waals surface area contributed by atoms with Gasteiger partial charge in [-0.3, -0.25) is 14.2 Å².